The van der Waals surface area contributed by atoms with E-state index in [2.05, 4.69) is 21.6 Å². The van der Waals surface area contributed by atoms with Gasteiger partial charge in [0, 0.05) is 32.0 Å². The molecule has 1 atom stereocenters. The third kappa shape index (κ3) is 4.56. The molecule has 2 rings (SSSR count). The van der Waals surface area contributed by atoms with Crippen LogP contribution in [0.4, 0.5) is 0 Å². The second-order valence-corrected chi connectivity index (χ2v) is 7.10. The summed E-state index contributed by atoms with van der Waals surface area (Å²) in [4.78, 5) is 13.2. The first-order valence-electron chi connectivity index (χ1n) is 6.95. The molecule has 0 aliphatic carbocycles. The number of carbonyl (C=O) groups excluding carboxylic acids is 1. The van der Waals surface area contributed by atoms with Gasteiger partial charge in [-0.3, -0.25) is 4.79 Å². The van der Waals surface area contributed by atoms with E-state index < -0.39 is 0 Å². The molecule has 0 unspecified atom stereocenters. The molecule has 0 aliphatic rings. The largest absolute Gasteiger partial charge is 0.383 e. The highest BCUT2D eigenvalue weighted by molar-refractivity contribution is 8.00. The van der Waals surface area contributed by atoms with Crippen LogP contribution in [0.15, 0.2) is 22.7 Å². The number of amides is 1. The maximum atomic E-state index is 12.0. The van der Waals surface area contributed by atoms with E-state index >= 15 is 0 Å². The molecule has 120 valence electrons. The van der Waals surface area contributed by atoms with Crippen molar-refractivity contribution >= 4 is 29.0 Å². The molecule has 0 radical (unpaired) electrons. The summed E-state index contributed by atoms with van der Waals surface area (Å²) >= 11 is 3.11. The number of thiophene rings is 1. The second kappa shape index (κ2) is 8.30. The summed E-state index contributed by atoms with van der Waals surface area (Å²) in [5, 5.41) is 13.8. The van der Waals surface area contributed by atoms with Gasteiger partial charge >= 0.3 is 0 Å². The number of nitrogens with one attached hydrogen (secondary N) is 1. The van der Waals surface area contributed by atoms with Gasteiger partial charge in [0.25, 0.3) is 0 Å². The summed E-state index contributed by atoms with van der Waals surface area (Å²) in [6.07, 6.45) is 0.760. The van der Waals surface area contributed by atoms with Gasteiger partial charge in [-0.15, -0.1) is 21.5 Å². The molecule has 0 fully saturated rings. The van der Waals surface area contributed by atoms with E-state index in [0.717, 1.165) is 17.4 Å². The lowest BCUT2D eigenvalue weighted by Gasteiger charge is -2.11. The van der Waals surface area contributed by atoms with E-state index in [0.29, 0.717) is 13.2 Å². The van der Waals surface area contributed by atoms with Gasteiger partial charge in [0.2, 0.25) is 5.91 Å². The molecule has 0 saturated carbocycles. The molecule has 0 bridgehead atoms. The summed E-state index contributed by atoms with van der Waals surface area (Å²) in [6, 6.07) is 4.11. The zero-order chi connectivity index (χ0) is 15.9. The number of aromatic nitrogens is 3. The average molecular weight is 340 g/mol. The Balaban J connectivity index is 1.92. The number of rotatable bonds is 8. The minimum atomic E-state index is -0.227. The van der Waals surface area contributed by atoms with Gasteiger partial charge in [-0.2, -0.15) is 0 Å². The van der Waals surface area contributed by atoms with Crippen molar-refractivity contribution in [2.24, 2.45) is 7.05 Å². The Labute approximate surface area is 138 Å². The summed E-state index contributed by atoms with van der Waals surface area (Å²) in [7, 11) is 3.54. The van der Waals surface area contributed by atoms with E-state index in [1.807, 2.05) is 30.0 Å². The van der Waals surface area contributed by atoms with E-state index in [4.69, 9.17) is 4.74 Å². The molecule has 6 nitrogen and oxygen atoms in total. The van der Waals surface area contributed by atoms with E-state index in [1.54, 1.807) is 18.4 Å². The fraction of sp³-hybridized carbons (Fsp3) is 0.500. The third-order valence-corrected chi connectivity index (χ3v) is 5.10. The van der Waals surface area contributed by atoms with Crippen LogP contribution in [0.5, 0.6) is 0 Å². The van der Waals surface area contributed by atoms with Gasteiger partial charge < -0.3 is 14.6 Å². The molecular weight excluding hydrogens is 320 g/mol. The lowest BCUT2D eigenvalue weighted by atomic mass is 10.3. The highest BCUT2D eigenvalue weighted by atomic mass is 32.2. The molecule has 0 spiro atoms. The van der Waals surface area contributed by atoms with Crippen LogP contribution in [0.1, 0.15) is 17.6 Å². The van der Waals surface area contributed by atoms with Gasteiger partial charge in [0.1, 0.15) is 5.82 Å². The number of carbonyl (C=O) groups is 1. The molecule has 22 heavy (non-hydrogen) atoms. The van der Waals surface area contributed by atoms with Gasteiger partial charge in [-0.1, -0.05) is 17.8 Å². The molecule has 2 aromatic heterocycles. The molecular formula is C14H20N4O2S2. The summed E-state index contributed by atoms with van der Waals surface area (Å²) in [6.45, 7) is 2.89. The Morgan fingerprint density at radius 3 is 3.05 bits per heavy atom. The van der Waals surface area contributed by atoms with Crippen molar-refractivity contribution in [1.29, 1.82) is 0 Å². The summed E-state index contributed by atoms with van der Waals surface area (Å²) < 4.78 is 6.86. The van der Waals surface area contributed by atoms with E-state index in [1.165, 1.54) is 16.6 Å². The van der Waals surface area contributed by atoms with Crippen LogP contribution in [0, 0.1) is 0 Å². The predicted octanol–water partition coefficient (Wildman–Crippen LogP) is 1.71. The number of thioether (sulfide) groups is 1. The molecule has 1 N–H and O–H groups in total. The number of hydrogen-bond donors (Lipinski definition) is 1. The Hall–Kier alpha value is -1.38. The van der Waals surface area contributed by atoms with Crippen LogP contribution >= 0.6 is 23.1 Å². The number of nitrogens with zero attached hydrogens (tertiary/aromatic N) is 3. The lowest BCUT2D eigenvalue weighted by molar-refractivity contribution is -0.120. The average Bonchev–Trinajstić information content (AvgIpc) is 3.12. The predicted molar refractivity (Wildman–Crippen MR) is 88.3 cm³/mol. The van der Waals surface area contributed by atoms with Crippen molar-refractivity contribution in [2.75, 3.05) is 20.3 Å². The summed E-state index contributed by atoms with van der Waals surface area (Å²) in [5.74, 6) is 0.877. The minimum absolute atomic E-state index is 0.0233. The Kier molecular flexibility index (Phi) is 6.41. The van der Waals surface area contributed by atoms with Crippen molar-refractivity contribution < 1.29 is 9.53 Å². The SMILES string of the molecule is COCCNC(=O)[C@H](C)Sc1nnc(Cc2cccs2)n1C. The van der Waals surface area contributed by atoms with E-state index in [-0.39, 0.29) is 11.2 Å². The normalized spacial score (nSPS) is 12.3. The molecule has 2 aromatic rings. The van der Waals surface area contributed by atoms with Gasteiger partial charge in [-0.25, -0.2) is 0 Å². The fourth-order valence-corrected chi connectivity index (χ4v) is 3.36. The first kappa shape index (κ1) is 17.0. The van der Waals surface area contributed by atoms with Crippen LogP contribution in [0.2, 0.25) is 0 Å². The molecule has 2 heterocycles. The fourth-order valence-electron chi connectivity index (χ4n) is 1.80. The zero-order valence-corrected chi connectivity index (χ0v) is 14.5. The Bertz CT molecular complexity index is 598. The molecule has 0 saturated heterocycles. The summed E-state index contributed by atoms with van der Waals surface area (Å²) in [5.41, 5.74) is 0. The smallest absolute Gasteiger partial charge is 0.233 e. The second-order valence-electron chi connectivity index (χ2n) is 4.76. The van der Waals surface area contributed by atoms with Crippen molar-refractivity contribution in [3.05, 3.63) is 28.2 Å². The van der Waals surface area contributed by atoms with Crippen molar-refractivity contribution in [1.82, 2.24) is 20.1 Å². The van der Waals surface area contributed by atoms with Crippen LogP contribution in [0.25, 0.3) is 0 Å². The topological polar surface area (TPSA) is 69.0 Å². The maximum Gasteiger partial charge on any atom is 0.233 e. The van der Waals surface area contributed by atoms with Crippen LogP contribution < -0.4 is 5.32 Å². The number of methoxy groups -OCH3 is 1. The lowest BCUT2D eigenvalue weighted by Crippen LogP contribution is -2.33. The van der Waals surface area contributed by atoms with E-state index in [9.17, 15) is 4.79 Å². The molecule has 1 amide bonds. The maximum absolute atomic E-state index is 12.0. The third-order valence-electron chi connectivity index (χ3n) is 3.09. The van der Waals surface area contributed by atoms with Crippen molar-refractivity contribution in [3.8, 4) is 0 Å². The van der Waals surface area contributed by atoms with Crippen LogP contribution in [-0.2, 0) is 23.0 Å². The highest BCUT2D eigenvalue weighted by Gasteiger charge is 2.18. The Morgan fingerprint density at radius 1 is 1.55 bits per heavy atom. The van der Waals surface area contributed by atoms with Crippen molar-refractivity contribution in [2.45, 2.75) is 23.8 Å². The van der Waals surface area contributed by atoms with Gasteiger partial charge in [-0.05, 0) is 18.4 Å². The Morgan fingerprint density at radius 2 is 2.36 bits per heavy atom. The highest BCUT2D eigenvalue weighted by Crippen LogP contribution is 2.23. The standard InChI is InChI=1S/C14H20N4O2S2/c1-10(13(19)15-6-7-20-3)22-14-17-16-12(18(14)2)9-11-5-4-8-21-11/h4-5,8,10H,6-7,9H2,1-3H3,(H,15,19)/t10-/m0/s1. The first-order chi connectivity index (χ1) is 10.6. The quantitative estimate of drug-likeness (QED) is 0.585. The van der Waals surface area contributed by atoms with Crippen LogP contribution in [0.3, 0.4) is 0 Å². The van der Waals surface area contributed by atoms with Crippen molar-refractivity contribution in [3.63, 3.8) is 0 Å². The van der Waals surface area contributed by atoms with Gasteiger partial charge in [0.05, 0.1) is 11.9 Å². The van der Waals surface area contributed by atoms with Gasteiger partial charge in [0.15, 0.2) is 5.16 Å². The molecule has 0 aromatic carbocycles. The molecule has 8 heteroatoms. The molecule has 0 aliphatic heterocycles. The minimum Gasteiger partial charge on any atom is -0.383 e. The van der Waals surface area contributed by atoms with Crippen LogP contribution in [-0.4, -0.2) is 46.2 Å². The number of ether oxygens (including phenoxy) is 1. The zero-order valence-electron chi connectivity index (χ0n) is 12.9. The monoisotopic (exact) mass is 340 g/mol. The first-order valence-corrected chi connectivity index (χ1v) is 8.71. The number of hydrogen-bond acceptors (Lipinski definition) is 6.